The highest BCUT2D eigenvalue weighted by Gasteiger charge is 2.40. The van der Waals surface area contributed by atoms with Crippen LogP contribution in [0.15, 0.2) is 35.6 Å². The van der Waals surface area contributed by atoms with Gasteiger partial charge in [0, 0.05) is 68.4 Å². The number of nitrogens with zero attached hydrogens (tertiary/aromatic N) is 4. The van der Waals surface area contributed by atoms with E-state index in [4.69, 9.17) is 15.2 Å². The fourth-order valence-electron chi connectivity index (χ4n) is 4.74. The number of fused-ring (bicyclic) bond motifs is 1. The zero-order valence-electron chi connectivity index (χ0n) is 19.9. The second kappa shape index (κ2) is 9.27. The SMILES string of the molecule is CCN=Cc1c(N2CCC3(CC2)OCCO3)ccc(C(=O)Nc2cc(F)c3nc(C)cn3c2)c1N. The predicted octanol–water partition coefficient (Wildman–Crippen LogP) is 3.40. The van der Waals surface area contributed by atoms with Crippen molar-refractivity contribution in [1.82, 2.24) is 9.38 Å². The van der Waals surface area contributed by atoms with E-state index in [1.54, 1.807) is 36.0 Å². The highest BCUT2D eigenvalue weighted by molar-refractivity contribution is 6.11. The number of rotatable bonds is 5. The van der Waals surface area contributed by atoms with E-state index in [-0.39, 0.29) is 5.65 Å². The second-order valence-corrected chi connectivity index (χ2v) is 8.83. The summed E-state index contributed by atoms with van der Waals surface area (Å²) >= 11 is 0. The standard InChI is InChI=1S/C25H29FN6O3/c1-3-28-13-19-21(31-8-6-25(7-9-31)34-10-11-35-25)5-4-18(22(19)27)24(33)30-17-12-20(26)23-29-16(2)14-32(23)15-17/h4-5,12-15H,3,6-11,27H2,1-2H3,(H,30,33). The van der Waals surface area contributed by atoms with Gasteiger partial charge in [0.05, 0.1) is 35.8 Å². The van der Waals surface area contributed by atoms with E-state index in [1.165, 1.54) is 6.07 Å². The quantitative estimate of drug-likeness (QED) is 0.428. The molecule has 3 N–H and O–H groups in total. The molecule has 35 heavy (non-hydrogen) atoms. The van der Waals surface area contributed by atoms with Gasteiger partial charge in [0.25, 0.3) is 5.91 Å². The minimum absolute atomic E-state index is 0.208. The number of carbonyl (C=O) groups excluding carboxylic acids is 1. The Morgan fingerprint density at radius 3 is 2.74 bits per heavy atom. The van der Waals surface area contributed by atoms with Gasteiger partial charge in [-0.25, -0.2) is 9.37 Å². The first-order valence-electron chi connectivity index (χ1n) is 11.8. The third-order valence-corrected chi connectivity index (χ3v) is 6.48. The molecule has 2 fully saturated rings. The summed E-state index contributed by atoms with van der Waals surface area (Å²) in [4.78, 5) is 23.9. The number of ether oxygens (including phenoxy) is 2. The first-order chi connectivity index (χ1) is 16.9. The molecule has 2 aliphatic heterocycles. The van der Waals surface area contributed by atoms with Crippen LogP contribution in [0.1, 0.15) is 41.4 Å². The van der Waals surface area contributed by atoms with E-state index in [0.717, 1.165) is 31.6 Å². The van der Waals surface area contributed by atoms with Gasteiger partial charge in [0.2, 0.25) is 0 Å². The number of nitrogens with two attached hydrogens (primary N) is 1. The summed E-state index contributed by atoms with van der Waals surface area (Å²) in [5.74, 6) is -1.43. The van der Waals surface area contributed by atoms with Crippen molar-refractivity contribution in [1.29, 1.82) is 0 Å². The van der Waals surface area contributed by atoms with Gasteiger partial charge in [-0.15, -0.1) is 0 Å². The van der Waals surface area contributed by atoms with Crippen LogP contribution in [0.4, 0.5) is 21.5 Å². The van der Waals surface area contributed by atoms with Crippen LogP contribution in [-0.2, 0) is 9.47 Å². The van der Waals surface area contributed by atoms with Crippen LogP contribution in [0.5, 0.6) is 0 Å². The normalized spacial score (nSPS) is 17.6. The van der Waals surface area contributed by atoms with Crippen LogP contribution in [0.3, 0.4) is 0 Å². The van der Waals surface area contributed by atoms with E-state index < -0.39 is 17.5 Å². The highest BCUT2D eigenvalue weighted by Crippen LogP contribution is 2.36. The molecular weight excluding hydrogens is 451 g/mol. The Balaban J connectivity index is 1.41. The Bertz CT molecular complexity index is 1290. The lowest BCUT2D eigenvalue weighted by Crippen LogP contribution is -2.45. The number of amides is 1. The molecule has 0 atom stereocenters. The van der Waals surface area contributed by atoms with Crippen LogP contribution < -0.4 is 16.0 Å². The number of halogens is 1. The molecule has 5 rings (SSSR count). The molecule has 0 bridgehead atoms. The maximum Gasteiger partial charge on any atom is 0.257 e. The number of aliphatic imine (C=N–C) groups is 1. The molecule has 0 aliphatic carbocycles. The van der Waals surface area contributed by atoms with Gasteiger partial charge in [0.1, 0.15) is 0 Å². The van der Waals surface area contributed by atoms with Gasteiger partial charge in [-0.3, -0.25) is 9.79 Å². The van der Waals surface area contributed by atoms with Gasteiger partial charge >= 0.3 is 0 Å². The smallest absolute Gasteiger partial charge is 0.257 e. The molecule has 1 aromatic carbocycles. The molecule has 3 aromatic rings. The molecule has 9 nitrogen and oxygen atoms in total. The average Bonchev–Trinajstić information content (AvgIpc) is 3.45. The number of nitrogens with one attached hydrogen (secondary N) is 1. The van der Waals surface area contributed by atoms with Crippen molar-refractivity contribution in [2.24, 2.45) is 4.99 Å². The van der Waals surface area contributed by atoms with Crippen LogP contribution in [-0.4, -0.2) is 60.1 Å². The molecule has 4 heterocycles. The van der Waals surface area contributed by atoms with Crippen molar-refractivity contribution in [3.05, 3.63) is 53.2 Å². The third kappa shape index (κ3) is 4.46. The summed E-state index contributed by atoms with van der Waals surface area (Å²) in [5.41, 5.74) is 9.92. The lowest BCUT2D eigenvalue weighted by Gasteiger charge is -2.39. The number of aryl methyl sites for hydroxylation is 1. The lowest BCUT2D eigenvalue weighted by molar-refractivity contribution is -0.169. The van der Waals surface area contributed by atoms with Crippen molar-refractivity contribution >= 4 is 34.8 Å². The zero-order valence-corrected chi connectivity index (χ0v) is 19.9. The Morgan fingerprint density at radius 1 is 1.29 bits per heavy atom. The minimum atomic E-state index is -0.520. The number of benzene rings is 1. The van der Waals surface area contributed by atoms with E-state index in [0.29, 0.717) is 48.0 Å². The molecule has 2 saturated heterocycles. The van der Waals surface area contributed by atoms with Crippen molar-refractivity contribution in [2.45, 2.75) is 32.5 Å². The van der Waals surface area contributed by atoms with Crippen LogP contribution >= 0.6 is 0 Å². The molecule has 184 valence electrons. The van der Waals surface area contributed by atoms with Crippen molar-refractivity contribution in [2.75, 3.05) is 48.8 Å². The van der Waals surface area contributed by atoms with Gasteiger partial charge in [0.15, 0.2) is 17.3 Å². The minimum Gasteiger partial charge on any atom is -0.397 e. The number of imidazole rings is 1. The number of piperidine rings is 1. The number of hydrogen-bond acceptors (Lipinski definition) is 7. The number of pyridine rings is 1. The molecule has 1 amide bonds. The summed E-state index contributed by atoms with van der Waals surface area (Å²) in [7, 11) is 0. The summed E-state index contributed by atoms with van der Waals surface area (Å²) in [6.45, 7) is 7.03. The fourth-order valence-corrected chi connectivity index (χ4v) is 4.74. The molecule has 10 heteroatoms. The zero-order chi connectivity index (χ0) is 24.6. The fraction of sp³-hybridized carbons (Fsp3) is 0.400. The summed E-state index contributed by atoms with van der Waals surface area (Å²) in [6, 6.07) is 4.84. The molecule has 0 saturated carbocycles. The van der Waals surface area contributed by atoms with Crippen molar-refractivity contribution < 1.29 is 18.7 Å². The van der Waals surface area contributed by atoms with E-state index in [9.17, 15) is 9.18 Å². The van der Waals surface area contributed by atoms with Crippen molar-refractivity contribution in [3.8, 4) is 0 Å². The number of nitrogen functional groups attached to an aromatic ring is 1. The van der Waals surface area contributed by atoms with E-state index in [1.807, 2.05) is 13.0 Å². The Morgan fingerprint density at radius 2 is 2.03 bits per heavy atom. The van der Waals surface area contributed by atoms with Crippen molar-refractivity contribution in [3.63, 3.8) is 0 Å². The Kier molecular flexibility index (Phi) is 6.16. The van der Waals surface area contributed by atoms with Crippen LogP contribution in [0.25, 0.3) is 5.65 Å². The first kappa shape index (κ1) is 23.3. The number of carbonyl (C=O) groups is 1. The topological polar surface area (TPSA) is 106 Å². The van der Waals surface area contributed by atoms with E-state index in [2.05, 4.69) is 20.2 Å². The van der Waals surface area contributed by atoms with E-state index >= 15 is 0 Å². The highest BCUT2D eigenvalue weighted by atomic mass is 19.1. The molecule has 0 unspecified atom stereocenters. The third-order valence-electron chi connectivity index (χ3n) is 6.48. The number of aromatic nitrogens is 2. The Labute approximate surface area is 202 Å². The number of anilines is 3. The predicted molar refractivity (Wildman–Crippen MR) is 133 cm³/mol. The van der Waals surface area contributed by atoms with Gasteiger partial charge in [-0.05, 0) is 26.0 Å². The molecule has 1 spiro atoms. The summed E-state index contributed by atoms with van der Waals surface area (Å²) in [6.07, 6.45) is 6.54. The van der Waals surface area contributed by atoms with Gasteiger partial charge < -0.3 is 29.8 Å². The number of hydrogen-bond donors (Lipinski definition) is 2. The average molecular weight is 481 g/mol. The maximum absolute atomic E-state index is 14.5. The summed E-state index contributed by atoms with van der Waals surface area (Å²) in [5, 5.41) is 2.76. The largest absolute Gasteiger partial charge is 0.397 e. The molecule has 2 aromatic heterocycles. The van der Waals surface area contributed by atoms with Gasteiger partial charge in [-0.1, -0.05) is 0 Å². The lowest BCUT2D eigenvalue weighted by atomic mass is 9.99. The first-order valence-corrected chi connectivity index (χ1v) is 11.8. The molecule has 2 aliphatic rings. The molecular formula is C25H29FN6O3. The van der Waals surface area contributed by atoms with Crippen LogP contribution in [0, 0.1) is 12.7 Å². The maximum atomic E-state index is 14.5. The second-order valence-electron chi connectivity index (χ2n) is 8.83. The molecule has 0 radical (unpaired) electrons. The summed E-state index contributed by atoms with van der Waals surface area (Å²) < 4.78 is 27.7. The van der Waals surface area contributed by atoms with Gasteiger partial charge in [-0.2, -0.15) is 0 Å². The monoisotopic (exact) mass is 480 g/mol. The van der Waals surface area contributed by atoms with Crippen LogP contribution in [0.2, 0.25) is 0 Å². The Hall–Kier alpha value is -3.50.